The van der Waals surface area contributed by atoms with Crippen LogP contribution in [-0.4, -0.2) is 0 Å². The minimum Gasteiger partial charge on any atom is -0.0561 e. The Balaban J connectivity index is 2.30. The van der Waals surface area contributed by atoms with Gasteiger partial charge in [0.15, 0.2) is 0 Å². The SMILES string of the molecule is CC(C)(C)c1cc(C(=C=C=C=C=C=C=C(c2cc(C(C)(C)C)cc(C(C)(C)C)c2)c2cc(C(C)(C)C)cc(C(C)(C)C)c2)c2cc(C(C)(C)C)cc(C(C)(C)C)c2)cc(C(C)(C)C)c1. The van der Waals surface area contributed by atoms with Crippen LogP contribution in [0.25, 0.3) is 11.1 Å². The van der Waals surface area contributed by atoms with Crippen molar-refractivity contribution in [2.24, 2.45) is 0 Å². The monoisotopic (exact) mass is 853 g/mol. The van der Waals surface area contributed by atoms with Crippen LogP contribution in [0.15, 0.2) is 107 Å². The molecule has 0 heterocycles. The number of hydrogen-bond acceptors (Lipinski definition) is 0. The molecule has 0 aliphatic carbocycles. The molecule has 0 aliphatic rings. The van der Waals surface area contributed by atoms with Gasteiger partial charge in [0, 0.05) is 11.1 Å². The largest absolute Gasteiger partial charge is 0.0561 e. The minimum atomic E-state index is -0.0396. The molecule has 0 atom stereocenters. The Bertz CT molecular complexity index is 2170. The highest BCUT2D eigenvalue weighted by molar-refractivity contribution is 5.82. The first-order valence-corrected chi connectivity index (χ1v) is 23.7. The van der Waals surface area contributed by atoms with Crippen molar-refractivity contribution in [1.29, 1.82) is 0 Å². The summed E-state index contributed by atoms with van der Waals surface area (Å²) >= 11 is 0. The van der Waals surface area contributed by atoms with E-state index in [9.17, 15) is 0 Å². The third-order valence-electron chi connectivity index (χ3n) is 12.4. The zero-order valence-corrected chi connectivity index (χ0v) is 44.9. The first kappa shape index (κ1) is 51.9. The van der Waals surface area contributed by atoms with Gasteiger partial charge >= 0.3 is 0 Å². The Morgan fingerprint density at radius 1 is 0.219 bits per heavy atom. The van der Waals surface area contributed by atoms with Crippen LogP contribution in [0.2, 0.25) is 0 Å². The van der Waals surface area contributed by atoms with Crippen LogP contribution in [0, 0.1) is 0 Å². The average Bonchev–Trinajstić information content (AvgIpc) is 3.12. The molecule has 0 heteroatoms. The maximum absolute atomic E-state index is 3.63. The predicted molar refractivity (Wildman–Crippen MR) is 281 cm³/mol. The van der Waals surface area contributed by atoms with Crippen molar-refractivity contribution in [3.8, 4) is 0 Å². The lowest BCUT2D eigenvalue weighted by molar-refractivity contribution is 0.567. The molecular weight excluding hydrogens is 769 g/mol. The van der Waals surface area contributed by atoms with Crippen LogP contribution in [0.4, 0.5) is 0 Å². The van der Waals surface area contributed by atoms with Crippen molar-refractivity contribution >= 4 is 11.1 Å². The number of benzene rings is 4. The molecule has 0 bridgehead atoms. The van der Waals surface area contributed by atoms with E-state index in [2.05, 4.69) is 273 Å². The summed E-state index contributed by atoms with van der Waals surface area (Å²) in [4.78, 5) is 0. The fourth-order valence-corrected chi connectivity index (χ4v) is 7.42. The molecule has 0 saturated carbocycles. The molecule has 0 nitrogen and oxygen atoms in total. The van der Waals surface area contributed by atoms with Crippen LogP contribution < -0.4 is 0 Å². The Morgan fingerprint density at radius 2 is 0.359 bits per heavy atom. The second kappa shape index (κ2) is 17.9. The van der Waals surface area contributed by atoms with Crippen LogP contribution in [-0.2, 0) is 43.3 Å². The van der Waals surface area contributed by atoms with E-state index >= 15 is 0 Å². The van der Waals surface area contributed by atoms with E-state index in [0.29, 0.717) is 0 Å². The molecule has 0 aromatic heterocycles. The van der Waals surface area contributed by atoms with Gasteiger partial charge in [-0.3, -0.25) is 0 Å². The summed E-state index contributed by atoms with van der Waals surface area (Å²) < 4.78 is 0. The molecule has 0 radical (unpaired) electrons. The first-order valence-electron chi connectivity index (χ1n) is 23.7. The summed E-state index contributed by atoms with van der Waals surface area (Å²) in [6.45, 7) is 55.1. The van der Waals surface area contributed by atoms with Gasteiger partial charge < -0.3 is 0 Å². The molecule has 340 valence electrons. The highest BCUT2D eigenvalue weighted by Gasteiger charge is 2.27. The van der Waals surface area contributed by atoms with Gasteiger partial charge in [0.05, 0.1) is 0 Å². The van der Waals surface area contributed by atoms with E-state index in [4.69, 9.17) is 0 Å². The summed E-state index contributed by atoms with van der Waals surface area (Å²) in [6, 6.07) is 28.3. The molecule has 4 aromatic carbocycles. The molecular formula is C64H84. The van der Waals surface area contributed by atoms with Crippen molar-refractivity contribution in [3.63, 3.8) is 0 Å². The summed E-state index contributed by atoms with van der Waals surface area (Å²) in [7, 11) is 0. The van der Waals surface area contributed by atoms with Gasteiger partial charge in [0.2, 0.25) is 0 Å². The zero-order chi connectivity index (χ0) is 48.8. The van der Waals surface area contributed by atoms with Gasteiger partial charge in [-0.25, -0.2) is 0 Å². The Kier molecular flexibility index (Phi) is 14.6. The molecule has 0 amide bonds. The summed E-state index contributed by atoms with van der Waals surface area (Å²) in [5.41, 5.74) is 36.9. The van der Waals surface area contributed by atoms with E-state index in [1.807, 2.05) is 0 Å². The molecule has 0 saturated heterocycles. The second-order valence-electron chi connectivity index (χ2n) is 26.7. The van der Waals surface area contributed by atoms with Gasteiger partial charge in [-0.1, -0.05) is 202 Å². The van der Waals surface area contributed by atoms with Crippen LogP contribution in [0.5, 0.6) is 0 Å². The Hall–Kier alpha value is -4.70. The summed E-state index contributed by atoms with van der Waals surface area (Å²) in [5, 5.41) is 0. The number of rotatable bonds is 4. The zero-order valence-electron chi connectivity index (χ0n) is 44.9. The third kappa shape index (κ3) is 13.4. The minimum absolute atomic E-state index is 0.0396. The van der Waals surface area contributed by atoms with E-state index in [0.717, 1.165) is 33.4 Å². The standard InChI is InChI=1S/C64H84/c1-57(2,3)47-31-43(32-48(39-47)58(4,5)6)55(44-33-49(59(7,8)9)40-50(34-44)60(10,11)12)29-27-25-26-28-30-56(45-35-51(61(13,14)15)41-52(36-45)62(16,17)18)46-37-53(63(19,20)21)42-54(38-46)64(22,23)24/h31-42H,1-24H3. The van der Waals surface area contributed by atoms with E-state index < -0.39 is 0 Å². The quantitative estimate of drug-likeness (QED) is 0.179. The topological polar surface area (TPSA) is 0 Å². The van der Waals surface area contributed by atoms with Gasteiger partial charge in [-0.2, -0.15) is 0 Å². The Labute approximate surface area is 392 Å². The van der Waals surface area contributed by atoms with Gasteiger partial charge in [-0.15, -0.1) is 0 Å². The van der Waals surface area contributed by atoms with Crippen molar-refractivity contribution < 1.29 is 0 Å². The first-order chi connectivity index (χ1) is 28.8. The lowest BCUT2D eigenvalue weighted by Gasteiger charge is -2.28. The Morgan fingerprint density at radius 3 is 0.484 bits per heavy atom. The highest BCUT2D eigenvalue weighted by atomic mass is 14.3. The van der Waals surface area contributed by atoms with E-state index in [-0.39, 0.29) is 43.3 Å². The average molecular weight is 853 g/mol. The molecule has 0 spiro atoms. The summed E-state index contributed by atoms with van der Waals surface area (Å²) in [6.07, 6.45) is 0. The summed E-state index contributed by atoms with van der Waals surface area (Å²) in [5.74, 6) is 0. The molecule has 0 N–H and O–H groups in total. The van der Waals surface area contributed by atoms with Gasteiger partial charge in [0.25, 0.3) is 0 Å². The second-order valence-corrected chi connectivity index (χ2v) is 26.7. The highest BCUT2D eigenvalue weighted by Crippen LogP contribution is 2.40. The lowest BCUT2D eigenvalue weighted by atomic mass is 9.76. The van der Waals surface area contributed by atoms with Crippen molar-refractivity contribution in [3.05, 3.63) is 174 Å². The third-order valence-corrected chi connectivity index (χ3v) is 12.4. The molecule has 4 aromatic rings. The smallest absolute Gasteiger partial charge is 0.0400 e. The lowest BCUT2D eigenvalue weighted by Crippen LogP contribution is -2.18. The maximum atomic E-state index is 3.63. The van der Waals surface area contributed by atoms with E-state index in [1.54, 1.807) is 0 Å². The van der Waals surface area contributed by atoms with Crippen molar-refractivity contribution in [1.82, 2.24) is 0 Å². The van der Waals surface area contributed by atoms with Crippen molar-refractivity contribution in [2.75, 3.05) is 0 Å². The molecule has 64 heavy (non-hydrogen) atoms. The van der Waals surface area contributed by atoms with Crippen LogP contribution >= 0.6 is 0 Å². The van der Waals surface area contributed by atoms with Crippen molar-refractivity contribution in [2.45, 2.75) is 209 Å². The van der Waals surface area contributed by atoms with Crippen LogP contribution in [0.3, 0.4) is 0 Å². The molecule has 4 rings (SSSR count). The molecule has 0 fully saturated rings. The fourth-order valence-electron chi connectivity index (χ4n) is 7.42. The maximum Gasteiger partial charge on any atom is 0.0400 e. The molecule has 0 aliphatic heterocycles. The van der Waals surface area contributed by atoms with Crippen LogP contribution in [0.1, 0.15) is 233 Å². The van der Waals surface area contributed by atoms with Gasteiger partial charge in [-0.05, 0) is 182 Å². The van der Waals surface area contributed by atoms with Gasteiger partial charge in [0.1, 0.15) is 0 Å². The normalized spacial score (nSPS) is 12.9. The predicted octanol–water partition coefficient (Wildman–Crippen LogP) is 18.0. The number of hydrogen-bond donors (Lipinski definition) is 0. The van der Waals surface area contributed by atoms with E-state index in [1.165, 1.54) is 44.5 Å². The molecule has 0 unspecified atom stereocenters. The fraction of sp³-hybridized carbons (Fsp3) is 0.500.